The highest BCUT2D eigenvalue weighted by atomic mass is 19.1. The van der Waals surface area contributed by atoms with Crippen molar-refractivity contribution in [1.82, 2.24) is 0 Å². The van der Waals surface area contributed by atoms with Crippen LogP contribution < -0.4 is 21.9 Å². The molecule has 0 bridgehead atoms. The maximum absolute atomic E-state index is 13.6. The maximum Gasteiger partial charge on any atom is 0.251 e. The summed E-state index contributed by atoms with van der Waals surface area (Å²) in [6.07, 6.45) is 0. The van der Waals surface area contributed by atoms with Gasteiger partial charge < -0.3 is 21.9 Å². The molecule has 0 unspecified atom stereocenters. The normalized spacial score (nSPS) is 10.1. The number of nitrogens with two attached hydrogens (primary N) is 3. The van der Waals surface area contributed by atoms with Crippen molar-refractivity contribution in [2.45, 2.75) is 0 Å². The number of amides is 2. The van der Waals surface area contributed by atoms with Gasteiger partial charge in [0.25, 0.3) is 5.91 Å². The molecule has 0 aliphatic rings. The lowest BCUT2D eigenvalue weighted by molar-refractivity contribution is 0.0989. The van der Waals surface area contributed by atoms with Gasteiger partial charge in [0.15, 0.2) is 0 Å². The van der Waals surface area contributed by atoms with Crippen LogP contribution in [0.1, 0.15) is 20.7 Å². The van der Waals surface area contributed by atoms with Gasteiger partial charge in [-0.2, -0.15) is 0 Å². The van der Waals surface area contributed by atoms with Gasteiger partial charge in [0.1, 0.15) is 17.3 Å². The highest BCUT2D eigenvalue weighted by molar-refractivity contribution is 5.94. The van der Waals surface area contributed by atoms with Crippen LogP contribution in [0.2, 0.25) is 0 Å². The molecule has 0 aliphatic carbocycles. The number of anilines is 1. The molecule has 2 rings (SSSR count). The molecule has 108 valence electrons. The van der Waals surface area contributed by atoms with E-state index in [0.29, 0.717) is 0 Å². The zero-order valence-corrected chi connectivity index (χ0v) is 10.8. The summed E-state index contributed by atoms with van der Waals surface area (Å²) in [5.74, 6) is -1.93. The van der Waals surface area contributed by atoms with E-state index < -0.39 is 17.6 Å². The number of hydrogen-bond donors (Lipinski definition) is 3. The fourth-order valence-electron chi connectivity index (χ4n) is 1.68. The first-order valence-electron chi connectivity index (χ1n) is 5.85. The van der Waals surface area contributed by atoms with Gasteiger partial charge in [-0.3, -0.25) is 9.59 Å². The molecule has 0 saturated heterocycles. The molecule has 0 radical (unpaired) electrons. The first-order valence-corrected chi connectivity index (χ1v) is 5.85. The summed E-state index contributed by atoms with van der Waals surface area (Å²) in [6, 6.07) is 7.83. The Kier molecular flexibility index (Phi) is 3.75. The second kappa shape index (κ2) is 5.49. The lowest BCUT2D eigenvalue weighted by atomic mass is 10.1. The second-order valence-electron chi connectivity index (χ2n) is 4.22. The molecule has 7 heteroatoms. The molecular weight excluding hydrogens is 277 g/mol. The minimum Gasteiger partial charge on any atom is -0.455 e. The minimum absolute atomic E-state index is 0.135. The minimum atomic E-state index is -0.871. The van der Waals surface area contributed by atoms with Crippen LogP contribution in [0.4, 0.5) is 10.1 Å². The van der Waals surface area contributed by atoms with Crippen molar-refractivity contribution in [3.05, 3.63) is 53.3 Å². The summed E-state index contributed by atoms with van der Waals surface area (Å²) in [6.45, 7) is 0. The average Bonchev–Trinajstić information content (AvgIpc) is 2.40. The van der Waals surface area contributed by atoms with Gasteiger partial charge in [0, 0.05) is 11.6 Å². The van der Waals surface area contributed by atoms with Crippen LogP contribution in [-0.2, 0) is 0 Å². The lowest BCUT2D eigenvalue weighted by Gasteiger charge is -2.10. The highest BCUT2D eigenvalue weighted by Crippen LogP contribution is 2.29. The molecule has 0 fully saturated rings. The number of ether oxygens (including phenoxy) is 1. The van der Waals surface area contributed by atoms with Crippen molar-refractivity contribution in [2.24, 2.45) is 11.5 Å². The molecule has 6 nitrogen and oxygen atoms in total. The Balaban J connectivity index is 2.28. The Morgan fingerprint density at radius 3 is 2.24 bits per heavy atom. The summed E-state index contributed by atoms with van der Waals surface area (Å²) in [5, 5.41) is 0. The second-order valence-corrected chi connectivity index (χ2v) is 4.22. The highest BCUT2D eigenvalue weighted by Gasteiger charge is 2.11. The Morgan fingerprint density at radius 1 is 1.00 bits per heavy atom. The van der Waals surface area contributed by atoms with E-state index >= 15 is 0 Å². The molecule has 0 saturated carbocycles. The van der Waals surface area contributed by atoms with Crippen molar-refractivity contribution in [2.75, 3.05) is 5.73 Å². The first kappa shape index (κ1) is 14.3. The SMILES string of the molecule is NC(=O)c1ccc(Oc2ccc(C(N)=O)c(F)c2)c(N)c1. The van der Waals surface area contributed by atoms with Gasteiger partial charge in [-0.15, -0.1) is 0 Å². The third kappa shape index (κ3) is 3.08. The fourth-order valence-corrected chi connectivity index (χ4v) is 1.68. The maximum atomic E-state index is 13.6. The number of rotatable bonds is 4. The first-order chi connectivity index (χ1) is 9.88. The zero-order valence-electron chi connectivity index (χ0n) is 10.8. The molecule has 0 aromatic heterocycles. The van der Waals surface area contributed by atoms with Gasteiger partial charge in [0.2, 0.25) is 5.91 Å². The van der Waals surface area contributed by atoms with Crippen LogP contribution in [0.3, 0.4) is 0 Å². The summed E-state index contributed by atoms with van der Waals surface area (Å²) in [4.78, 5) is 21.9. The van der Waals surface area contributed by atoms with Gasteiger partial charge in [-0.25, -0.2) is 4.39 Å². The monoisotopic (exact) mass is 289 g/mol. The third-order valence-corrected chi connectivity index (χ3v) is 2.73. The van der Waals surface area contributed by atoms with E-state index in [4.69, 9.17) is 21.9 Å². The van der Waals surface area contributed by atoms with Gasteiger partial charge in [-0.1, -0.05) is 0 Å². The Morgan fingerprint density at radius 2 is 1.71 bits per heavy atom. The van der Waals surface area contributed by atoms with Crippen LogP contribution in [-0.4, -0.2) is 11.8 Å². The van der Waals surface area contributed by atoms with E-state index in [1.165, 1.54) is 30.3 Å². The smallest absolute Gasteiger partial charge is 0.251 e. The van der Waals surface area contributed by atoms with E-state index in [1.54, 1.807) is 0 Å². The summed E-state index contributed by atoms with van der Waals surface area (Å²) in [7, 11) is 0. The van der Waals surface area contributed by atoms with Gasteiger partial charge in [0.05, 0.1) is 11.3 Å². The molecule has 0 aliphatic heterocycles. The predicted molar refractivity (Wildman–Crippen MR) is 74.4 cm³/mol. The number of primary amides is 2. The summed E-state index contributed by atoms with van der Waals surface area (Å²) >= 11 is 0. The van der Waals surface area contributed by atoms with E-state index in [-0.39, 0.29) is 28.3 Å². The quantitative estimate of drug-likeness (QED) is 0.736. The van der Waals surface area contributed by atoms with Crippen molar-refractivity contribution < 1.29 is 18.7 Å². The average molecular weight is 289 g/mol. The number of nitrogen functional groups attached to an aromatic ring is 1. The number of carbonyl (C=O) groups excluding carboxylic acids is 2. The van der Waals surface area contributed by atoms with Crippen LogP contribution >= 0.6 is 0 Å². The lowest BCUT2D eigenvalue weighted by Crippen LogP contribution is -2.13. The van der Waals surface area contributed by atoms with E-state index in [9.17, 15) is 14.0 Å². The van der Waals surface area contributed by atoms with E-state index in [0.717, 1.165) is 6.07 Å². The van der Waals surface area contributed by atoms with Crippen LogP contribution in [0.15, 0.2) is 36.4 Å². The fraction of sp³-hybridized carbons (Fsp3) is 0. The van der Waals surface area contributed by atoms with Crippen molar-refractivity contribution >= 4 is 17.5 Å². The molecule has 2 aromatic carbocycles. The molecule has 0 heterocycles. The van der Waals surface area contributed by atoms with E-state index in [2.05, 4.69) is 0 Å². The van der Waals surface area contributed by atoms with Gasteiger partial charge >= 0.3 is 0 Å². The molecule has 0 atom stereocenters. The number of benzene rings is 2. The molecule has 2 amide bonds. The number of halogens is 1. The topological polar surface area (TPSA) is 121 Å². The largest absolute Gasteiger partial charge is 0.455 e. The predicted octanol–water partition coefficient (Wildman–Crippen LogP) is 1.40. The zero-order chi connectivity index (χ0) is 15.6. The summed E-state index contributed by atoms with van der Waals surface area (Å²) in [5.41, 5.74) is 16.0. The Hall–Kier alpha value is -3.09. The molecule has 2 aromatic rings. The van der Waals surface area contributed by atoms with Crippen molar-refractivity contribution in [1.29, 1.82) is 0 Å². The molecular formula is C14H12FN3O3. The standard InChI is InChI=1S/C14H12FN3O3/c15-10-6-8(2-3-9(10)14(18)20)21-12-4-1-7(13(17)19)5-11(12)16/h1-6H,16H2,(H2,17,19)(H2,18,20). The Labute approximate surface area is 119 Å². The van der Waals surface area contributed by atoms with Gasteiger partial charge in [-0.05, 0) is 30.3 Å². The van der Waals surface area contributed by atoms with E-state index in [1.807, 2.05) is 0 Å². The summed E-state index contributed by atoms with van der Waals surface area (Å²) < 4.78 is 19.0. The Bertz CT molecular complexity index is 731. The third-order valence-electron chi connectivity index (χ3n) is 2.73. The number of hydrogen-bond acceptors (Lipinski definition) is 4. The van der Waals surface area contributed by atoms with Crippen molar-refractivity contribution in [3.8, 4) is 11.5 Å². The molecule has 0 spiro atoms. The van der Waals surface area contributed by atoms with Crippen LogP contribution in [0.25, 0.3) is 0 Å². The van der Waals surface area contributed by atoms with Crippen LogP contribution in [0, 0.1) is 5.82 Å². The molecule has 21 heavy (non-hydrogen) atoms. The van der Waals surface area contributed by atoms with Crippen molar-refractivity contribution in [3.63, 3.8) is 0 Å². The molecule has 6 N–H and O–H groups in total. The number of carbonyl (C=O) groups is 2. The van der Waals surface area contributed by atoms with Crippen LogP contribution in [0.5, 0.6) is 11.5 Å².